The van der Waals surface area contributed by atoms with Crippen LogP contribution in [0.3, 0.4) is 0 Å². The Bertz CT molecular complexity index is 157. The minimum absolute atomic E-state index is 0.786. The van der Waals surface area contributed by atoms with Gasteiger partial charge in [0.1, 0.15) is 0 Å². The number of hydrogen-bond donors (Lipinski definition) is 1. The number of thioether (sulfide) groups is 1. The fourth-order valence-corrected chi connectivity index (χ4v) is 3.64. The molecule has 13 heavy (non-hydrogen) atoms. The molecule has 0 spiro atoms. The molecule has 0 radical (unpaired) electrons. The second-order valence-electron chi connectivity index (χ2n) is 4.38. The van der Waals surface area contributed by atoms with E-state index in [2.05, 4.69) is 16.7 Å². The van der Waals surface area contributed by atoms with E-state index < -0.39 is 0 Å². The van der Waals surface area contributed by atoms with Crippen molar-refractivity contribution < 1.29 is 0 Å². The molecule has 0 aromatic heterocycles. The largest absolute Gasteiger partial charge is 0.330 e. The number of nitrogens with two attached hydrogens (primary N) is 1. The summed E-state index contributed by atoms with van der Waals surface area (Å²) in [7, 11) is 0. The van der Waals surface area contributed by atoms with E-state index in [1.165, 1.54) is 44.0 Å². The van der Waals surface area contributed by atoms with Crippen molar-refractivity contribution in [1.29, 1.82) is 0 Å². The molecule has 0 aromatic carbocycles. The molecular formula is C10H20N2S. The van der Waals surface area contributed by atoms with E-state index in [4.69, 9.17) is 5.73 Å². The summed E-state index contributed by atoms with van der Waals surface area (Å²) >= 11 is 2.12. The molecule has 0 aromatic rings. The Kier molecular flexibility index (Phi) is 3.52. The predicted octanol–water partition coefficient (Wildman–Crippen LogP) is 1.02. The van der Waals surface area contributed by atoms with E-state index >= 15 is 0 Å². The molecule has 0 bridgehead atoms. The lowest BCUT2D eigenvalue weighted by Gasteiger charge is -2.19. The highest BCUT2D eigenvalue weighted by atomic mass is 32.2. The van der Waals surface area contributed by atoms with Crippen LogP contribution in [0.4, 0.5) is 0 Å². The first-order chi connectivity index (χ1) is 6.38. The minimum Gasteiger partial charge on any atom is -0.330 e. The van der Waals surface area contributed by atoms with Gasteiger partial charge in [-0.3, -0.25) is 0 Å². The quantitative estimate of drug-likeness (QED) is 0.737. The van der Waals surface area contributed by atoms with Gasteiger partial charge >= 0.3 is 0 Å². The Hall–Kier alpha value is 0.270. The molecular weight excluding hydrogens is 180 g/mol. The maximum absolute atomic E-state index is 5.67. The zero-order valence-corrected chi connectivity index (χ0v) is 9.06. The van der Waals surface area contributed by atoms with Crippen molar-refractivity contribution in [3.05, 3.63) is 0 Å². The first-order valence-corrected chi connectivity index (χ1v) is 6.54. The molecule has 2 N–H and O–H groups in total. The van der Waals surface area contributed by atoms with Crippen molar-refractivity contribution in [2.24, 2.45) is 17.6 Å². The Morgan fingerprint density at radius 2 is 2.23 bits per heavy atom. The van der Waals surface area contributed by atoms with Crippen LogP contribution in [-0.4, -0.2) is 42.6 Å². The molecule has 76 valence electrons. The molecule has 0 aliphatic carbocycles. The standard InChI is InChI=1S/C10H20N2S/c11-5-9-1-3-12(6-9)7-10-2-4-13-8-10/h9-10H,1-8,11H2. The zero-order chi connectivity index (χ0) is 9.10. The molecule has 3 heteroatoms. The SMILES string of the molecule is NCC1CCN(CC2CCSC2)C1. The van der Waals surface area contributed by atoms with Gasteiger partial charge in [-0.25, -0.2) is 0 Å². The zero-order valence-electron chi connectivity index (χ0n) is 8.24. The minimum atomic E-state index is 0.786. The molecule has 2 saturated heterocycles. The third kappa shape index (κ3) is 2.61. The van der Waals surface area contributed by atoms with Crippen molar-refractivity contribution in [3.8, 4) is 0 Å². The van der Waals surface area contributed by atoms with Crippen LogP contribution in [0.1, 0.15) is 12.8 Å². The summed E-state index contributed by atoms with van der Waals surface area (Å²) < 4.78 is 0. The summed E-state index contributed by atoms with van der Waals surface area (Å²) in [6, 6.07) is 0. The summed E-state index contributed by atoms with van der Waals surface area (Å²) in [5, 5.41) is 0. The second kappa shape index (κ2) is 4.67. The third-order valence-corrected chi connectivity index (χ3v) is 4.48. The normalized spacial score (nSPS) is 35.8. The highest BCUT2D eigenvalue weighted by molar-refractivity contribution is 7.99. The van der Waals surface area contributed by atoms with Crippen LogP contribution < -0.4 is 5.73 Å². The van der Waals surface area contributed by atoms with Gasteiger partial charge in [0.2, 0.25) is 0 Å². The Morgan fingerprint density at radius 1 is 1.31 bits per heavy atom. The van der Waals surface area contributed by atoms with Crippen LogP contribution in [-0.2, 0) is 0 Å². The summed E-state index contributed by atoms with van der Waals surface area (Å²) in [5.41, 5.74) is 5.67. The summed E-state index contributed by atoms with van der Waals surface area (Å²) in [4.78, 5) is 2.62. The number of hydrogen-bond acceptors (Lipinski definition) is 3. The van der Waals surface area contributed by atoms with Crippen molar-refractivity contribution in [2.75, 3.05) is 37.7 Å². The Morgan fingerprint density at radius 3 is 2.85 bits per heavy atom. The number of nitrogens with zero attached hydrogens (tertiary/aromatic N) is 1. The molecule has 2 nitrogen and oxygen atoms in total. The molecule has 2 unspecified atom stereocenters. The van der Waals surface area contributed by atoms with Gasteiger partial charge in [-0.15, -0.1) is 0 Å². The molecule has 2 aliphatic heterocycles. The predicted molar refractivity (Wildman–Crippen MR) is 59.0 cm³/mol. The number of likely N-dealkylation sites (tertiary alicyclic amines) is 1. The van der Waals surface area contributed by atoms with Crippen LogP contribution in [0.25, 0.3) is 0 Å². The third-order valence-electron chi connectivity index (χ3n) is 3.24. The van der Waals surface area contributed by atoms with Crippen LogP contribution >= 0.6 is 11.8 Å². The van der Waals surface area contributed by atoms with E-state index in [0.29, 0.717) is 0 Å². The smallest absolute Gasteiger partial charge is 0.00223 e. The van der Waals surface area contributed by atoms with Gasteiger partial charge in [-0.2, -0.15) is 11.8 Å². The average molecular weight is 200 g/mol. The Labute approximate surface area is 85.2 Å². The van der Waals surface area contributed by atoms with Gasteiger partial charge in [0.05, 0.1) is 0 Å². The van der Waals surface area contributed by atoms with Crippen LogP contribution in [0, 0.1) is 11.8 Å². The van der Waals surface area contributed by atoms with Gasteiger partial charge in [-0.05, 0) is 49.3 Å². The van der Waals surface area contributed by atoms with E-state index in [1.54, 1.807) is 0 Å². The molecule has 0 saturated carbocycles. The molecule has 2 aliphatic rings. The van der Waals surface area contributed by atoms with Gasteiger partial charge < -0.3 is 10.6 Å². The molecule has 2 fully saturated rings. The van der Waals surface area contributed by atoms with E-state index in [1.807, 2.05) is 0 Å². The Balaban J connectivity index is 1.70. The van der Waals surface area contributed by atoms with Crippen molar-refractivity contribution >= 4 is 11.8 Å². The summed E-state index contributed by atoms with van der Waals surface area (Å²) in [5.74, 6) is 4.54. The molecule has 2 atom stereocenters. The van der Waals surface area contributed by atoms with Crippen molar-refractivity contribution in [1.82, 2.24) is 4.90 Å². The van der Waals surface area contributed by atoms with E-state index in [9.17, 15) is 0 Å². The van der Waals surface area contributed by atoms with Crippen LogP contribution in [0.2, 0.25) is 0 Å². The van der Waals surface area contributed by atoms with Crippen LogP contribution in [0.5, 0.6) is 0 Å². The first-order valence-electron chi connectivity index (χ1n) is 5.38. The fraction of sp³-hybridized carbons (Fsp3) is 1.00. The highest BCUT2D eigenvalue weighted by Crippen LogP contribution is 2.26. The van der Waals surface area contributed by atoms with Crippen molar-refractivity contribution in [3.63, 3.8) is 0 Å². The molecule has 0 amide bonds. The lowest BCUT2D eigenvalue weighted by Crippen LogP contribution is -2.28. The van der Waals surface area contributed by atoms with Crippen molar-refractivity contribution in [2.45, 2.75) is 12.8 Å². The van der Waals surface area contributed by atoms with E-state index in [-0.39, 0.29) is 0 Å². The summed E-state index contributed by atoms with van der Waals surface area (Å²) in [6.45, 7) is 4.78. The second-order valence-corrected chi connectivity index (χ2v) is 5.53. The van der Waals surface area contributed by atoms with Gasteiger partial charge in [-0.1, -0.05) is 0 Å². The van der Waals surface area contributed by atoms with E-state index in [0.717, 1.165) is 18.4 Å². The fourth-order valence-electron chi connectivity index (χ4n) is 2.36. The highest BCUT2D eigenvalue weighted by Gasteiger charge is 2.25. The lowest BCUT2D eigenvalue weighted by molar-refractivity contribution is 0.281. The monoisotopic (exact) mass is 200 g/mol. The van der Waals surface area contributed by atoms with Gasteiger partial charge in [0.15, 0.2) is 0 Å². The lowest BCUT2D eigenvalue weighted by atomic mass is 10.1. The van der Waals surface area contributed by atoms with Gasteiger partial charge in [0.25, 0.3) is 0 Å². The average Bonchev–Trinajstić information content (AvgIpc) is 2.76. The van der Waals surface area contributed by atoms with Gasteiger partial charge in [0, 0.05) is 13.1 Å². The number of rotatable bonds is 3. The molecule has 2 rings (SSSR count). The topological polar surface area (TPSA) is 29.3 Å². The van der Waals surface area contributed by atoms with Crippen LogP contribution in [0.15, 0.2) is 0 Å². The summed E-state index contributed by atoms with van der Waals surface area (Å²) in [6.07, 6.45) is 2.77. The molecule has 2 heterocycles. The maximum atomic E-state index is 5.67. The maximum Gasteiger partial charge on any atom is 0.00223 e. The first kappa shape index (κ1) is 9.81.